The SMILES string of the molecule is Fc1c(Br)cccc1-c1cc(Cl)nc(-c2ccccc2)n1. The molecule has 1 heterocycles. The summed E-state index contributed by atoms with van der Waals surface area (Å²) in [5, 5.41) is 0.276. The highest BCUT2D eigenvalue weighted by atomic mass is 79.9. The van der Waals surface area contributed by atoms with Crippen molar-refractivity contribution in [3.05, 3.63) is 70.0 Å². The van der Waals surface area contributed by atoms with Crippen LogP contribution < -0.4 is 0 Å². The maximum atomic E-state index is 14.2. The zero-order valence-corrected chi connectivity index (χ0v) is 13.1. The fourth-order valence-electron chi connectivity index (χ4n) is 1.97. The van der Waals surface area contributed by atoms with Gasteiger partial charge >= 0.3 is 0 Å². The second-order valence-corrected chi connectivity index (χ2v) is 5.61. The molecule has 0 aliphatic heterocycles. The Morgan fingerprint density at radius 2 is 1.71 bits per heavy atom. The molecule has 104 valence electrons. The zero-order valence-electron chi connectivity index (χ0n) is 10.7. The fraction of sp³-hybridized carbons (Fsp3) is 0. The highest BCUT2D eigenvalue weighted by molar-refractivity contribution is 9.10. The van der Waals surface area contributed by atoms with E-state index in [1.807, 2.05) is 30.3 Å². The lowest BCUT2D eigenvalue weighted by molar-refractivity contribution is 0.624. The van der Waals surface area contributed by atoms with E-state index in [4.69, 9.17) is 11.6 Å². The van der Waals surface area contributed by atoms with Crippen LogP contribution in [0.15, 0.2) is 59.1 Å². The second kappa shape index (κ2) is 5.92. The Morgan fingerprint density at radius 1 is 0.952 bits per heavy atom. The largest absolute Gasteiger partial charge is 0.228 e. The number of hydrogen-bond acceptors (Lipinski definition) is 2. The second-order valence-electron chi connectivity index (χ2n) is 4.37. The fourth-order valence-corrected chi connectivity index (χ4v) is 2.52. The summed E-state index contributed by atoms with van der Waals surface area (Å²) in [4.78, 5) is 8.62. The molecule has 0 bridgehead atoms. The van der Waals surface area contributed by atoms with Gasteiger partial charge in [-0.15, -0.1) is 0 Å². The molecule has 0 atom stereocenters. The van der Waals surface area contributed by atoms with Crippen LogP contribution in [-0.4, -0.2) is 9.97 Å². The van der Waals surface area contributed by atoms with Crippen LogP contribution in [0.4, 0.5) is 4.39 Å². The molecule has 0 amide bonds. The molecule has 0 radical (unpaired) electrons. The van der Waals surface area contributed by atoms with Crippen LogP contribution in [0.5, 0.6) is 0 Å². The van der Waals surface area contributed by atoms with Crippen LogP contribution in [0.1, 0.15) is 0 Å². The molecule has 0 aliphatic carbocycles. The van der Waals surface area contributed by atoms with E-state index in [-0.39, 0.29) is 11.0 Å². The van der Waals surface area contributed by atoms with Crippen LogP contribution in [0, 0.1) is 5.82 Å². The monoisotopic (exact) mass is 362 g/mol. The standard InChI is InChI=1S/C16H9BrClFN2/c17-12-8-4-7-11(15(12)19)13-9-14(18)21-16(20-13)10-5-2-1-3-6-10/h1-9H. The lowest BCUT2D eigenvalue weighted by Crippen LogP contribution is -1.95. The molecule has 21 heavy (non-hydrogen) atoms. The molecule has 0 N–H and O–H groups in total. The molecule has 2 aromatic carbocycles. The summed E-state index contributed by atoms with van der Waals surface area (Å²) in [6.45, 7) is 0. The summed E-state index contributed by atoms with van der Waals surface area (Å²) < 4.78 is 14.6. The number of aromatic nitrogens is 2. The van der Waals surface area contributed by atoms with Gasteiger partial charge in [0.15, 0.2) is 5.82 Å². The number of nitrogens with zero attached hydrogens (tertiary/aromatic N) is 2. The third-order valence-electron chi connectivity index (χ3n) is 2.95. The predicted molar refractivity (Wildman–Crippen MR) is 85.6 cm³/mol. The van der Waals surface area contributed by atoms with Crippen LogP contribution >= 0.6 is 27.5 Å². The van der Waals surface area contributed by atoms with E-state index in [2.05, 4.69) is 25.9 Å². The van der Waals surface area contributed by atoms with Gasteiger partial charge in [-0.3, -0.25) is 0 Å². The average Bonchev–Trinajstić information content (AvgIpc) is 2.50. The van der Waals surface area contributed by atoms with Crippen molar-refractivity contribution in [1.29, 1.82) is 0 Å². The minimum absolute atomic E-state index is 0.276. The summed E-state index contributed by atoms with van der Waals surface area (Å²) >= 11 is 9.23. The summed E-state index contributed by atoms with van der Waals surface area (Å²) in [5.41, 5.74) is 1.66. The van der Waals surface area contributed by atoms with E-state index in [1.165, 1.54) is 0 Å². The van der Waals surface area contributed by atoms with Crippen molar-refractivity contribution in [3.63, 3.8) is 0 Å². The van der Waals surface area contributed by atoms with Gasteiger partial charge in [-0.1, -0.05) is 48.0 Å². The zero-order chi connectivity index (χ0) is 14.8. The van der Waals surface area contributed by atoms with Crippen LogP contribution in [0.25, 0.3) is 22.6 Å². The highest BCUT2D eigenvalue weighted by Crippen LogP contribution is 2.29. The van der Waals surface area contributed by atoms with Gasteiger partial charge in [0.1, 0.15) is 11.0 Å². The van der Waals surface area contributed by atoms with Gasteiger partial charge in [0, 0.05) is 17.2 Å². The lowest BCUT2D eigenvalue weighted by atomic mass is 10.1. The van der Waals surface area contributed by atoms with Crippen LogP contribution in [0.2, 0.25) is 5.15 Å². The van der Waals surface area contributed by atoms with Crippen molar-refractivity contribution in [3.8, 4) is 22.6 Å². The minimum atomic E-state index is -0.369. The highest BCUT2D eigenvalue weighted by Gasteiger charge is 2.12. The quantitative estimate of drug-likeness (QED) is 0.572. The molecule has 0 aliphatic rings. The van der Waals surface area contributed by atoms with Crippen molar-refractivity contribution in [2.24, 2.45) is 0 Å². The number of hydrogen-bond donors (Lipinski definition) is 0. The normalized spacial score (nSPS) is 10.6. The number of benzene rings is 2. The van der Waals surface area contributed by atoms with Crippen molar-refractivity contribution >= 4 is 27.5 Å². The van der Waals surface area contributed by atoms with Crippen LogP contribution in [-0.2, 0) is 0 Å². The van der Waals surface area contributed by atoms with E-state index in [0.29, 0.717) is 21.6 Å². The molecule has 5 heteroatoms. The lowest BCUT2D eigenvalue weighted by Gasteiger charge is -2.07. The average molecular weight is 364 g/mol. The molecule has 0 fully saturated rings. The summed E-state index contributed by atoms with van der Waals surface area (Å²) in [7, 11) is 0. The summed E-state index contributed by atoms with van der Waals surface area (Å²) in [5.74, 6) is 0.101. The van der Waals surface area contributed by atoms with Gasteiger partial charge < -0.3 is 0 Å². The minimum Gasteiger partial charge on any atom is -0.228 e. The Bertz CT molecular complexity index is 794. The van der Waals surface area contributed by atoms with Gasteiger partial charge in [-0.25, -0.2) is 14.4 Å². The molecule has 1 aromatic heterocycles. The summed E-state index contributed by atoms with van der Waals surface area (Å²) in [6, 6.07) is 16.0. The Hall–Kier alpha value is -1.78. The Labute approximate surface area is 134 Å². The third kappa shape index (κ3) is 2.96. The first-order valence-electron chi connectivity index (χ1n) is 6.19. The first-order valence-corrected chi connectivity index (χ1v) is 7.36. The van der Waals surface area contributed by atoms with E-state index >= 15 is 0 Å². The van der Waals surface area contributed by atoms with E-state index in [0.717, 1.165) is 5.56 Å². The van der Waals surface area contributed by atoms with Gasteiger partial charge in [0.25, 0.3) is 0 Å². The number of halogens is 3. The number of rotatable bonds is 2. The molecular weight excluding hydrogens is 355 g/mol. The Balaban J connectivity index is 2.17. The Kier molecular flexibility index (Phi) is 3.99. The third-order valence-corrected chi connectivity index (χ3v) is 3.76. The van der Waals surface area contributed by atoms with Crippen molar-refractivity contribution in [2.45, 2.75) is 0 Å². The van der Waals surface area contributed by atoms with Crippen molar-refractivity contribution in [1.82, 2.24) is 9.97 Å². The molecule has 3 aromatic rings. The topological polar surface area (TPSA) is 25.8 Å². The summed E-state index contributed by atoms with van der Waals surface area (Å²) in [6.07, 6.45) is 0. The van der Waals surface area contributed by atoms with E-state index in [9.17, 15) is 4.39 Å². The molecule has 0 saturated heterocycles. The van der Waals surface area contributed by atoms with E-state index < -0.39 is 0 Å². The predicted octanol–water partition coefficient (Wildman–Crippen LogP) is 5.37. The van der Waals surface area contributed by atoms with E-state index in [1.54, 1.807) is 24.3 Å². The van der Waals surface area contributed by atoms with Crippen molar-refractivity contribution in [2.75, 3.05) is 0 Å². The molecule has 0 unspecified atom stereocenters. The molecule has 0 saturated carbocycles. The molecule has 2 nitrogen and oxygen atoms in total. The first kappa shape index (κ1) is 14.2. The van der Waals surface area contributed by atoms with Crippen molar-refractivity contribution < 1.29 is 4.39 Å². The van der Waals surface area contributed by atoms with Crippen LogP contribution in [0.3, 0.4) is 0 Å². The van der Waals surface area contributed by atoms with Gasteiger partial charge in [0.05, 0.1) is 10.2 Å². The van der Waals surface area contributed by atoms with Gasteiger partial charge in [-0.05, 0) is 28.1 Å². The maximum absolute atomic E-state index is 14.2. The molecule has 3 rings (SSSR count). The Morgan fingerprint density at radius 3 is 2.48 bits per heavy atom. The van der Waals surface area contributed by atoms with Gasteiger partial charge in [-0.2, -0.15) is 0 Å². The first-order chi connectivity index (χ1) is 10.1. The molecule has 0 spiro atoms. The smallest absolute Gasteiger partial charge is 0.161 e. The molecular formula is C16H9BrClFN2. The maximum Gasteiger partial charge on any atom is 0.161 e. The van der Waals surface area contributed by atoms with Gasteiger partial charge in [0.2, 0.25) is 0 Å².